The van der Waals surface area contributed by atoms with E-state index in [1.54, 1.807) is 0 Å². The SMILES string of the molecule is CCc1cn(-c2cc(C)nc(C3CCOC3)n2)c2cc(NC(C)=O)ncc12. The van der Waals surface area contributed by atoms with Gasteiger partial charge in [-0.1, -0.05) is 6.92 Å². The Kier molecular flexibility index (Phi) is 4.61. The standard InChI is InChI=1S/C20H23N5O2/c1-4-14-10-25(17-8-18(23-13(3)26)21-9-16(14)17)19-7-12(2)22-20(24-19)15-5-6-27-11-15/h7-10,15H,4-6,11H2,1-3H3,(H,21,23,26). The predicted molar refractivity (Wildman–Crippen MR) is 103 cm³/mol. The van der Waals surface area contributed by atoms with Gasteiger partial charge in [0.1, 0.15) is 17.5 Å². The van der Waals surface area contributed by atoms with Crippen LogP contribution in [0.25, 0.3) is 16.7 Å². The van der Waals surface area contributed by atoms with Crippen LogP contribution in [-0.2, 0) is 16.0 Å². The molecule has 1 aliphatic heterocycles. The number of rotatable bonds is 4. The summed E-state index contributed by atoms with van der Waals surface area (Å²) in [5.41, 5.74) is 3.09. The number of nitrogens with one attached hydrogen (secondary N) is 1. The maximum absolute atomic E-state index is 11.4. The van der Waals surface area contributed by atoms with Crippen molar-refractivity contribution in [2.45, 2.75) is 39.5 Å². The molecule has 7 nitrogen and oxygen atoms in total. The average molecular weight is 365 g/mol. The third-order valence-corrected chi connectivity index (χ3v) is 4.86. The molecule has 3 aromatic heterocycles. The number of aryl methyl sites for hydroxylation is 2. The molecule has 0 saturated carbocycles. The van der Waals surface area contributed by atoms with Crippen molar-refractivity contribution in [2.75, 3.05) is 18.5 Å². The summed E-state index contributed by atoms with van der Waals surface area (Å²) in [5, 5.41) is 3.82. The third kappa shape index (κ3) is 3.42. The molecule has 7 heteroatoms. The fraction of sp³-hybridized carbons (Fsp3) is 0.400. The molecule has 0 aromatic carbocycles. The molecule has 1 amide bonds. The van der Waals surface area contributed by atoms with Crippen LogP contribution >= 0.6 is 0 Å². The molecule has 4 heterocycles. The monoisotopic (exact) mass is 365 g/mol. The number of aromatic nitrogens is 4. The molecule has 0 radical (unpaired) electrons. The van der Waals surface area contributed by atoms with E-state index < -0.39 is 0 Å². The summed E-state index contributed by atoms with van der Waals surface area (Å²) in [5.74, 6) is 2.30. The number of anilines is 1. The van der Waals surface area contributed by atoms with Crippen LogP contribution < -0.4 is 5.32 Å². The molecule has 0 bridgehead atoms. The van der Waals surface area contributed by atoms with E-state index in [4.69, 9.17) is 9.72 Å². The van der Waals surface area contributed by atoms with Gasteiger partial charge in [0.2, 0.25) is 5.91 Å². The highest BCUT2D eigenvalue weighted by Crippen LogP contribution is 2.28. The summed E-state index contributed by atoms with van der Waals surface area (Å²) in [6, 6.07) is 3.88. The molecule has 1 aliphatic rings. The normalized spacial score (nSPS) is 16.8. The van der Waals surface area contributed by atoms with Crippen LogP contribution in [0.4, 0.5) is 5.82 Å². The number of pyridine rings is 1. The minimum Gasteiger partial charge on any atom is -0.381 e. The Balaban J connectivity index is 1.86. The number of ether oxygens (including phenoxy) is 1. The lowest BCUT2D eigenvalue weighted by molar-refractivity contribution is -0.114. The molecule has 1 atom stereocenters. The Hall–Kier alpha value is -2.80. The van der Waals surface area contributed by atoms with Gasteiger partial charge < -0.3 is 14.6 Å². The molecular formula is C20H23N5O2. The van der Waals surface area contributed by atoms with Gasteiger partial charge >= 0.3 is 0 Å². The van der Waals surface area contributed by atoms with Crippen molar-refractivity contribution in [3.63, 3.8) is 0 Å². The summed E-state index contributed by atoms with van der Waals surface area (Å²) < 4.78 is 7.57. The summed E-state index contributed by atoms with van der Waals surface area (Å²) in [6.07, 6.45) is 5.75. The largest absolute Gasteiger partial charge is 0.381 e. The molecule has 0 aliphatic carbocycles. The van der Waals surface area contributed by atoms with Gasteiger partial charge in [-0.3, -0.25) is 4.79 Å². The molecule has 140 valence electrons. The second kappa shape index (κ2) is 7.08. The molecule has 3 aromatic rings. The summed E-state index contributed by atoms with van der Waals surface area (Å²) in [6.45, 7) is 7.02. The van der Waals surface area contributed by atoms with E-state index in [0.717, 1.165) is 47.7 Å². The molecule has 1 unspecified atom stereocenters. The van der Waals surface area contributed by atoms with Gasteiger partial charge in [0.05, 0.1) is 12.1 Å². The van der Waals surface area contributed by atoms with E-state index in [2.05, 4.69) is 33.0 Å². The van der Waals surface area contributed by atoms with Crippen LogP contribution in [0.5, 0.6) is 0 Å². The molecule has 27 heavy (non-hydrogen) atoms. The van der Waals surface area contributed by atoms with Crippen LogP contribution in [-0.4, -0.2) is 38.6 Å². The average Bonchev–Trinajstić information content (AvgIpc) is 3.28. The van der Waals surface area contributed by atoms with Gasteiger partial charge in [0.15, 0.2) is 0 Å². The van der Waals surface area contributed by atoms with Crippen LogP contribution in [0.2, 0.25) is 0 Å². The highest BCUT2D eigenvalue weighted by Gasteiger charge is 2.22. The first-order valence-electron chi connectivity index (χ1n) is 9.26. The Morgan fingerprint density at radius 3 is 2.93 bits per heavy atom. The summed E-state index contributed by atoms with van der Waals surface area (Å²) in [4.78, 5) is 25.2. The fourth-order valence-corrected chi connectivity index (χ4v) is 3.52. The predicted octanol–water partition coefficient (Wildman–Crippen LogP) is 3.15. The van der Waals surface area contributed by atoms with E-state index in [0.29, 0.717) is 12.4 Å². The number of nitrogens with zero attached hydrogens (tertiary/aromatic N) is 4. The first-order valence-corrected chi connectivity index (χ1v) is 9.26. The van der Waals surface area contributed by atoms with Crippen molar-refractivity contribution in [1.29, 1.82) is 0 Å². The van der Waals surface area contributed by atoms with E-state index in [-0.39, 0.29) is 11.8 Å². The maximum atomic E-state index is 11.4. The first-order chi connectivity index (χ1) is 13.0. The minimum absolute atomic E-state index is 0.142. The molecular weight excluding hydrogens is 342 g/mol. The van der Waals surface area contributed by atoms with E-state index in [1.807, 2.05) is 25.3 Å². The van der Waals surface area contributed by atoms with Crippen molar-refractivity contribution in [1.82, 2.24) is 19.5 Å². The smallest absolute Gasteiger partial charge is 0.222 e. The third-order valence-electron chi connectivity index (χ3n) is 4.86. The lowest BCUT2D eigenvalue weighted by Crippen LogP contribution is -2.09. The first kappa shape index (κ1) is 17.6. The van der Waals surface area contributed by atoms with Gasteiger partial charge in [-0.2, -0.15) is 0 Å². The Labute approximate surface area is 157 Å². The Morgan fingerprint density at radius 1 is 1.37 bits per heavy atom. The van der Waals surface area contributed by atoms with E-state index in [1.165, 1.54) is 12.5 Å². The number of fused-ring (bicyclic) bond motifs is 1. The van der Waals surface area contributed by atoms with Crippen molar-refractivity contribution in [3.05, 3.63) is 41.6 Å². The Bertz CT molecular complexity index is 1010. The second-order valence-electron chi connectivity index (χ2n) is 6.93. The second-order valence-corrected chi connectivity index (χ2v) is 6.93. The van der Waals surface area contributed by atoms with Gasteiger partial charge in [-0.05, 0) is 25.3 Å². The van der Waals surface area contributed by atoms with Gasteiger partial charge in [0, 0.05) is 55.1 Å². The van der Waals surface area contributed by atoms with Crippen LogP contribution in [0, 0.1) is 6.92 Å². The maximum Gasteiger partial charge on any atom is 0.222 e. The molecule has 1 fully saturated rings. The van der Waals surface area contributed by atoms with Gasteiger partial charge in [0.25, 0.3) is 0 Å². The Morgan fingerprint density at radius 2 is 2.22 bits per heavy atom. The van der Waals surface area contributed by atoms with Crippen LogP contribution in [0.15, 0.2) is 24.5 Å². The van der Waals surface area contributed by atoms with Crippen LogP contribution in [0.3, 0.4) is 0 Å². The zero-order valence-electron chi connectivity index (χ0n) is 15.8. The number of hydrogen-bond donors (Lipinski definition) is 1. The molecule has 4 rings (SSSR count). The summed E-state index contributed by atoms with van der Waals surface area (Å²) in [7, 11) is 0. The molecule has 1 saturated heterocycles. The fourth-order valence-electron chi connectivity index (χ4n) is 3.52. The number of amides is 1. The minimum atomic E-state index is -0.142. The van der Waals surface area contributed by atoms with Gasteiger partial charge in [-0.25, -0.2) is 15.0 Å². The highest BCUT2D eigenvalue weighted by atomic mass is 16.5. The van der Waals surface area contributed by atoms with Crippen molar-refractivity contribution in [3.8, 4) is 5.82 Å². The van der Waals surface area contributed by atoms with E-state index in [9.17, 15) is 4.79 Å². The lowest BCUT2D eigenvalue weighted by Gasteiger charge is -2.11. The molecule has 0 spiro atoms. The topological polar surface area (TPSA) is 81.9 Å². The van der Waals surface area contributed by atoms with E-state index >= 15 is 0 Å². The quantitative estimate of drug-likeness (QED) is 0.768. The summed E-state index contributed by atoms with van der Waals surface area (Å²) >= 11 is 0. The van der Waals surface area contributed by atoms with Crippen molar-refractivity contribution in [2.24, 2.45) is 0 Å². The van der Waals surface area contributed by atoms with Crippen molar-refractivity contribution >= 4 is 22.6 Å². The van der Waals surface area contributed by atoms with Crippen molar-refractivity contribution < 1.29 is 9.53 Å². The molecule has 1 N–H and O–H groups in total. The van der Waals surface area contributed by atoms with Crippen LogP contribution in [0.1, 0.15) is 43.3 Å². The number of hydrogen-bond acceptors (Lipinski definition) is 5. The van der Waals surface area contributed by atoms with Gasteiger partial charge in [-0.15, -0.1) is 0 Å². The highest BCUT2D eigenvalue weighted by molar-refractivity contribution is 5.92. The zero-order valence-corrected chi connectivity index (χ0v) is 15.8. The lowest BCUT2D eigenvalue weighted by atomic mass is 10.1. The zero-order chi connectivity index (χ0) is 19.0. The number of carbonyl (C=O) groups is 1. The number of carbonyl (C=O) groups excluding carboxylic acids is 1.